The molecule has 1 N–H and O–H groups in total. The van der Waals surface area contributed by atoms with Gasteiger partial charge >= 0.3 is 0 Å². The monoisotopic (exact) mass is 256 g/mol. The van der Waals surface area contributed by atoms with Crippen LogP contribution in [0.15, 0.2) is 42.3 Å². The highest BCUT2D eigenvalue weighted by Crippen LogP contribution is 2.20. The minimum Gasteiger partial charge on any atom is -0.293 e. The second kappa shape index (κ2) is 4.84. The van der Waals surface area contributed by atoms with E-state index in [1.165, 1.54) is 11.3 Å². The van der Waals surface area contributed by atoms with E-state index in [-0.39, 0.29) is 0 Å². The predicted molar refractivity (Wildman–Crippen MR) is 68.5 cm³/mol. The van der Waals surface area contributed by atoms with Crippen LogP contribution in [-0.4, -0.2) is 24.9 Å². The van der Waals surface area contributed by atoms with Gasteiger partial charge in [-0.25, -0.2) is 24.9 Å². The highest BCUT2D eigenvalue weighted by molar-refractivity contribution is 7.13. The van der Waals surface area contributed by atoms with Gasteiger partial charge in [0.05, 0.1) is 0 Å². The lowest BCUT2D eigenvalue weighted by Crippen LogP contribution is -2.00. The molecule has 0 radical (unpaired) electrons. The summed E-state index contributed by atoms with van der Waals surface area (Å²) >= 11 is 1.53. The molecule has 0 bridgehead atoms. The molecule has 0 atom stereocenters. The fourth-order valence-electron chi connectivity index (χ4n) is 1.35. The van der Waals surface area contributed by atoms with Crippen molar-refractivity contribution in [2.45, 2.75) is 0 Å². The van der Waals surface area contributed by atoms with E-state index < -0.39 is 0 Å². The molecule has 0 aliphatic rings. The summed E-state index contributed by atoms with van der Waals surface area (Å²) in [5.41, 5.74) is 0.776. The Morgan fingerprint density at radius 1 is 0.889 bits per heavy atom. The van der Waals surface area contributed by atoms with Crippen LogP contribution in [0.1, 0.15) is 0 Å². The Kier molecular flexibility index (Phi) is 2.89. The molecular formula is C11H8N6S. The van der Waals surface area contributed by atoms with E-state index in [0.29, 0.717) is 11.9 Å². The van der Waals surface area contributed by atoms with Crippen LogP contribution < -0.4 is 5.32 Å². The third-order valence-electron chi connectivity index (χ3n) is 2.10. The van der Waals surface area contributed by atoms with Gasteiger partial charge in [-0.2, -0.15) is 0 Å². The topological polar surface area (TPSA) is 76.5 Å². The van der Waals surface area contributed by atoms with Crippen molar-refractivity contribution in [1.29, 1.82) is 0 Å². The molecule has 88 valence electrons. The average molecular weight is 256 g/mol. The molecule has 0 fully saturated rings. The van der Waals surface area contributed by atoms with Gasteiger partial charge in [0.2, 0.25) is 11.9 Å². The maximum Gasteiger partial charge on any atom is 0.230 e. The average Bonchev–Trinajstić information content (AvgIpc) is 2.94. The summed E-state index contributed by atoms with van der Waals surface area (Å²) in [5, 5.41) is 5.70. The van der Waals surface area contributed by atoms with E-state index in [1.807, 2.05) is 11.4 Å². The molecule has 3 heterocycles. The van der Waals surface area contributed by atoms with Gasteiger partial charge in [0.1, 0.15) is 10.7 Å². The van der Waals surface area contributed by atoms with Crippen molar-refractivity contribution in [3.8, 4) is 10.7 Å². The predicted octanol–water partition coefficient (Wildman–Crippen LogP) is 2.13. The Hall–Kier alpha value is -2.41. The van der Waals surface area contributed by atoms with Crippen molar-refractivity contribution in [3.63, 3.8) is 0 Å². The maximum absolute atomic E-state index is 4.36. The zero-order valence-corrected chi connectivity index (χ0v) is 10.0. The lowest BCUT2D eigenvalue weighted by atomic mass is 10.4. The molecule has 7 heteroatoms. The Morgan fingerprint density at radius 2 is 1.72 bits per heavy atom. The quantitative estimate of drug-likeness (QED) is 0.773. The van der Waals surface area contributed by atoms with Crippen LogP contribution in [0.3, 0.4) is 0 Å². The number of rotatable bonds is 3. The van der Waals surface area contributed by atoms with Gasteiger partial charge in [0.15, 0.2) is 0 Å². The fourth-order valence-corrected chi connectivity index (χ4v) is 1.96. The summed E-state index contributed by atoms with van der Waals surface area (Å²) in [6, 6.07) is 3.56. The summed E-state index contributed by atoms with van der Waals surface area (Å²) in [6.07, 6.45) is 6.73. The SMILES string of the molecule is c1cnc(Nc2nccc(-c3nccs3)n2)nc1. The normalized spacial score (nSPS) is 10.2. The number of anilines is 2. The first-order valence-electron chi connectivity index (χ1n) is 5.19. The van der Waals surface area contributed by atoms with E-state index in [4.69, 9.17) is 0 Å². The van der Waals surface area contributed by atoms with Crippen molar-refractivity contribution in [2.75, 3.05) is 5.32 Å². The Bertz CT molecular complexity index is 625. The molecule has 18 heavy (non-hydrogen) atoms. The molecule has 3 aromatic rings. The van der Waals surface area contributed by atoms with E-state index in [2.05, 4.69) is 30.2 Å². The smallest absolute Gasteiger partial charge is 0.230 e. The number of thiazole rings is 1. The maximum atomic E-state index is 4.36. The van der Waals surface area contributed by atoms with Crippen LogP contribution >= 0.6 is 11.3 Å². The minimum atomic E-state index is 0.453. The Labute approximate surface area is 107 Å². The lowest BCUT2D eigenvalue weighted by Gasteiger charge is -2.02. The number of aromatic nitrogens is 5. The van der Waals surface area contributed by atoms with Gasteiger partial charge in [-0.1, -0.05) is 0 Å². The molecule has 0 saturated carbocycles. The van der Waals surface area contributed by atoms with Crippen LogP contribution in [0.4, 0.5) is 11.9 Å². The summed E-state index contributed by atoms with van der Waals surface area (Å²) in [6.45, 7) is 0. The molecule has 0 aliphatic carbocycles. The van der Waals surface area contributed by atoms with Gasteiger partial charge in [-0.3, -0.25) is 5.32 Å². The van der Waals surface area contributed by atoms with Gasteiger partial charge < -0.3 is 0 Å². The Morgan fingerprint density at radius 3 is 2.50 bits per heavy atom. The first-order chi connectivity index (χ1) is 8.92. The third-order valence-corrected chi connectivity index (χ3v) is 2.89. The van der Waals surface area contributed by atoms with Gasteiger partial charge in [-0.15, -0.1) is 11.3 Å². The molecule has 0 unspecified atom stereocenters. The number of nitrogens with one attached hydrogen (secondary N) is 1. The lowest BCUT2D eigenvalue weighted by molar-refractivity contribution is 1.10. The molecule has 0 spiro atoms. The standard InChI is InChI=1S/C11H8N6S/c1-3-13-10(14-4-1)17-11-15-5-2-8(16-11)9-12-6-7-18-9/h1-7H,(H,13,14,15,16,17). The molecule has 3 aromatic heterocycles. The molecule has 6 nitrogen and oxygen atoms in total. The van der Waals surface area contributed by atoms with Crippen LogP contribution in [0.2, 0.25) is 0 Å². The van der Waals surface area contributed by atoms with Crippen molar-refractivity contribution in [2.24, 2.45) is 0 Å². The zero-order chi connectivity index (χ0) is 12.2. The molecule has 3 rings (SSSR count). The first kappa shape index (κ1) is 10.7. The van der Waals surface area contributed by atoms with E-state index in [1.54, 1.807) is 30.9 Å². The molecule has 0 saturated heterocycles. The molecule has 0 aromatic carbocycles. The highest BCUT2D eigenvalue weighted by Gasteiger charge is 2.05. The van der Waals surface area contributed by atoms with Gasteiger partial charge in [0, 0.05) is 30.2 Å². The van der Waals surface area contributed by atoms with Crippen LogP contribution in [0, 0.1) is 0 Å². The third kappa shape index (κ3) is 2.30. The number of hydrogen-bond acceptors (Lipinski definition) is 7. The minimum absolute atomic E-state index is 0.453. The highest BCUT2D eigenvalue weighted by atomic mass is 32.1. The number of hydrogen-bond donors (Lipinski definition) is 1. The first-order valence-corrected chi connectivity index (χ1v) is 6.07. The van der Waals surface area contributed by atoms with Gasteiger partial charge in [0.25, 0.3) is 0 Å². The largest absolute Gasteiger partial charge is 0.293 e. The summed E-state index contributed by atoms with van der Waals surface area (Å²) in [4.78, 5) is 20.8. The van der Waals surface area contributed by atoms with E-state index in [9.17, 15) is 0 Å². The van der Waals surface area contributed by atoms with Crippen molar-refractivity contribution < 1.29 is 0 Å². The van der Waals surface area contributed by atoms with E-state index >= 15 is 0 Å². The van der Waals surface area contributed by atoms with Crippen LogP contribution in [-0.2, 0) is 0 Å². The Balaban J connectivity index is 1.88. The molecular weight excluding hydrogens is 248 g/mol. The summed E-state index contributed by atoms with van der Waals surface area (Å²) < 4.78 is 0. The van der Waals surface area contributed by atoms with Crippen LogP contribution in [0.25, 0.3) is 10.7 Å². The van der Waals surface area contributed by atoms with Crippen molar-refractivity contribution in [1.82, 2.24) is 24.9 Å². The zero-order valence-electron chi connectivity index (χ0n) is 9.19. The fraction of sp³-hybridized carbons (Fsp3) is 0. The van der Waals surface area contributed by atoms with Gasteiger partial charge in [-0.05, 0) is 12.1 Å². The molecule has 0 amide bonds. The van der Waals surface area contributed by atoms with E-state index in [0.717, 1.165) is 10.7 Å². The second-order valence-corrected chi connectivity index (χ2v) is 4.19. The summed E-state index contributed by atoms with van der Waals surface area (Å²) in [5.74, 6) is 0.919. The van der Waals surface area contributed by atoms with Crippen LogP contribution in [0.5, 0.6) is 0 Å². The molecule has 0 aliphatic heterocycles. The number of nitrogens with zero attached hydrogens (tertiary/aromatic N) is 5. The van der Waals surface area contributed by atoms with Crippen molar-refractivity contribution in [3.05, 3.63) is 42.3 Å². The van der Waals surface area contributed by atoms with Crippen molar-refractivity contribution >= 4 is 23.2 Å². The second-order valence-electron chi connectivity index (χ2n) is 3.30. The summed E-state index contributed by atoms with van der Waals surface area (Å²) in [7, 11) is 0.